The smallest absolute Gasteiger partial charge is 0.343 e. The van der Waals surface area contributed by atoms with Crippen molar-refractivity contribution in [2.24, 2.45) is 0 Å². The van der Waals surface area contributed by atoms with Crippen LogP contribution in [0.1, 0.15) is 42.1 Å². The van der Waals surface area contributed by atoms with Crippen molar-refractivity contribution in [2.45, 2.75) is 26.2 Å². The number of hydrogen-bond donors (Lipinski definition) is 0. The molecule has 0 bridgehead atoms. The van der Waals surface area contributed by atoms with Crippen LogP contribution in [0.15, 0.2) is 121 Å². The summed E-state index contributed by atoms with van der Waals surface area (Å²) in [5.41, 5.74) is 4.00. The van der Waals surface area contributed by atoms with Gasteiger partial charge in [0, 0.05) is 17.1 Å². The number of benzene rings is 3. The normalized spacial score (nSPS) is 14.1. The van der Waals surface area contributed by atoms with Gasteiger partial charge in [-0.15, -0.1) is 0 Å². The molecule has 6 heteroatoms. The Kier molecular flexibility index (Phi) is 8.37. The van der Waals surface area contributed by atoms with E-state index < -0.39 is 17.9 Å². The Morgan fingerprint density at radius 3 is 1.69 bits per heavy atom. The first-order valence-electron chi connectivity index (χ1n) is 12.4. The van der Waals surface area contributed by atoms with Crippen molar-refractivity contribution >= 4 is 17.9 Å². The Hall–Kier alpha value is -4.97. The molecule has 0 spiro atoms. The summed E-state index contributed by atoms with van der Waals surface area (Å²) in [6.45, 7) is 10.4. The van der Waals surface area contributed by atoms with Gasteiger partial charge in [-0.05, 0) is 85.5 Å². The fourth-order valence-electron chi connectivity index (χ4n) is 3.78. The minimum atomic E-state index is -0.469. The van der Waals surface area contributed by atoms with Gasteiger partial charge in [0.1, 0.15) is 17.3 Å². The largest absolute Gasteiger partial charge is 0.424 e. The number of esters is 3. The monoisotopic (exact) mass is 520 g/mol. The van der Waals surface area contributed by atoms with Crippen LogP contribution in [0.5, 0.6) is 11.5 Å². The van der Waals surface area contributed by atoms with Crippen molar-refractivity contribution in [3.05, 3.63) is 132 Å². The zero-order valence-corrected chi connectivity index (χ0v) is 21.8. The molecule has 3 aromatic rings. The van der Waals surface area contributed by atoms with Crippen LogP contribution >= 0.6 is 0 Å². The zero-order valence-electron chi connectivity index (χ0n) is 21.8. The van der Waals surface area contributed by atoms with Gasteiger partial charge in [-0.3, -0.25) is 0 Å². The van der Waals surface area contributed by atoms with Gasteiger partial charge in [-0.2, -0.15) is 0 Å². The molecule has 1 aliphatic carbocycles. The summed E-state index contributed by atoms with van der Waals surface area (Å²) in [5, 5.41) is 0. The van der Waals surface area contributed by atoms with E-state index in [1.54, 1.807) is 56.3 Å². The molecule has 39 heavy (non-hydrogen) atoms. The van der Waals surface area contributed by atoms with Crippen LogP contribution in [0, 0.1) is 0 Å². The molecule has 1 unspecified atom stereocenters. The quantitative estimate of drug-likeness (QED) is 0.179. The van der Waals surface area contributed by atoms with Crippen LogP contribution in [-0.2, 0) is 14.3 Å². The van der Waals surface area contributed by atoms with Gasteiger partial charge in [0.05, 0.1) is 5.56 Å². The number of hydrogen-bond acceptors (Lipinski definition) is 6. The highest BCUT2D eigenvalue weighted by atomic mass is 16.5. The zero-order chi connectivity index (χ0) is 27.9. The lowest BCUT2D eigenvalue weighted by Gasteiger charge is -2.17. The Bertz CT molecular complexity index is 1470. The third kappa shape index (κ3) is 7.08. The average Bonchev–Trinajstić information content (AvgIpc) is 2.94. The minimum absolute atomic E-state index is 0.113. The van der Waals surface area contributed by atoms with E-state index in [2.05, 4.69) is 13.2 Å². The second-order valence-corrected chi connectivity index (χ2v) is 9.21. The van der Waals surface area contributed by atoms with Gasteiger partial charge in [-0.1, -0.05) is 55.6 Å². The minimum Gasteiger partial charge on any atom is -0.424 e. The highest BCUT2D eigenvalue weighted by molar-refractivity contribution is 5.91. The SMILES string of the molecule is C=C(C)C(=O)OC1=CCC(c2ccc(C(=O)Oc3ccc(-c4ccc(OC(=O)C(=C)C)cc4)cc3)cc2)C=C1. The van der Waals surface area contributed by atoms with Crippen molar-refractivity contribution in [2.75, 3.05) is 0 Å². The lowest BCUT2D eigenvalue weighted by molar-refractivity contribution is -0.134. The molecule has 0 N–H and O–H groups in total. The molecule has 0 fully saturated rings. The second kappa shape index (κ2) is 12.0. The molecule has 3 aromatic carbocycles. The fourth-order valence-corrected chi connectivity index (χ4v) is 3.78. The van der Waals surface area contributed by atoms with Gasteiger partial charge in [0.2, 0.25) is 0 Å². The van der Waals surface area contributed by atoms with Crippen LogP contribution in [0.25, 0.3) is 11.1 Å². The maximum Gasteiger partial charge on any atom is 0.343 e. The third-order valence-corrected chi connectivity index (χ3v) is 6.01. The van der Waals surface area contributed by atoms with Crippen molar-refractivity contribution < 1.29 is 28.6 Å². The summed E-state index contributed by atoms with van der Waals surface area (Å²) in [4.78, 5) is 36.0. The lowest BCUT2D eigenvalue weighted by Crippen LogP contribution is -2.09. The van der Waals surface area contributed by atoms with E-state index in [1.165, 1.54) is 0 Å². The molecule has 0 saturated carbocycles. The molecule has 0 saturated heterocycles. The Labute approximate surface area is 227 Å². The molecule has 196 valence electrons. The predicted molar refractivity (Wildman–Crippen MR) is 149 cm³/mol. The highest BCUT2D eigenvalue weighted by Gasteiger charge is 2.16. The summed E-state index contributed by atoms with van der Waals surface area (Å²) in [6, 6.07) is 21.5. The van der Waals surface area contributed by atoms with Crippen LogP contribution in [-0.4, -0.2) is 17.9 Å². The van der Waals surface area contributed by atoms with Gasteiger partial charge < -0.3 is 14.2 Å². The molecular formula is C33H28O6. The first-order chi connectivity index (χ1) is 18.7. The van der Waals surface area contributed by atoms with E-state index in [0.29, 0.717) is 40.4 Å². The predicted octanol–water partition coefficient (Wildman–Crippen LogP) is 7.10. The Morgan fingerprint density at radius 1 is 0.692 bits per heavy atom. The molecular weight excluding hydrogens is 492 g/mol. The van der Waals surface area contributed by atoms with E-state index in [9.17, 15) is 14.4 Å². The molecule has 0 radical (unpaired) electrons. The average molecular weight is 521 g/mol. The fraction of sp³-hybridized carbons (Fsp3) is 0.121. The first-order valence-corrected chi connectivity index (χ1v) is 12.4. The lowest BCUT2D eigenvalue weighted by atomic mass is 9.91. The van der Waals surface area contributed by atoms with E-state index in [4.69, 9.17) is 14.2 Å². The molecule has 6 nitrogen and oxygen atoms in total. The van der Waals surface area contributed by atoms with Crippen LogP contribution < -0.4 is 9.47 Å². The molecule has 4 rings (SSSR count). The Balaban J connectivity index is 1.32. The van der Waals surface area contributed by atoms with Gasteiger partial charge in [0.15, 0.2) is 0 Å². The summed E-state index contributed by atoms with van der Waals surface area (Å²) in [6.07, 6.45) is 6.28. The van der Waals surface area contributed by atoms with Crippen LogP contribution in [0.4, 0.5) is 0 Å². The second-order valence-electron chi connectivity index (χ2n) is 9.21. The van der Waals surface area contributed by atoms with Crippen molar-refractivity contribution in [1.82, 2.24) is 0 Å². The van der Waals surface area contributed by atoms with E-state index in [1.807, 2.05) is 48.6 Å². The van der Waals surface area contributed by atoms with Gasteiger partial charge >= 0.3 is 17.9 Å². The maximum absolute atomic E-state index is 12.7. The Morgan fingerprint density at radius 2 is 1.21 bits per heavy atom. The standard InChI is InChI=1S/C33H28O6/c1-21(2)31(34)37-28-15-9-24(10-16-28)23-5-7-27(8-6-23)33(36)39-30-19-13-26(14-20-30)25-11-17-29(18-12-25)38-32(35)22(3)4/h5-9,11-20,24H,1,3,10H2,2,4H3. The summed E-state index contributed by atoms with van der Waals surface area (Å²) in [5.74, 6) is 0.119. The topological polar surface area (TPSA) is 78.9 Å². The maximum atomic E-state index is 12.7. The molecule has 0 aromatic heterocycles. The molecule has 0 amide bonds. The van der Waals surface area contributed by atoms with Crippen LogP contribution in [0.3, 0.4) is 0 Å². The van der Waals surface area contributed by atoms with Crippen molar-refractivity contribution in [1.29, 1.82) is 0 Å². The number of rotatable bonds is 8. The van der Waals surface area contributed by atoms with E-state index >= 15 is 0 Å². The molecule has 1 aliphatic rings. The van der Waals surface area contributed by atoms with Crippen molar-refractivity contribution in [3.63, 3.8) is 0 Å². The van der Waals surface area contributed by atoms with E-state index in [0.717, 1.165) is 16.7 Å². The first kappa shape index (κ1) is 27.1. The molecule has 0 heterocycles. The van der Waals surface area contributed by atoms with Crippen LogP contribution in [0.2, 0.25) is 0 Å². The summed E-state index contributed by atoms with van der Waals surface area (Å²) < 4.78 is 16.0. The van der Waals surface area contributed by atoms with Crippen molar-refractivity contribution in [3.8, 4) is 22.6 Å². The number of carbonyl (C=O) groups excluding carboxylic acids is 3. The van der Waals surface area contributed by atoms with Gasteiger partial charge in [-0.25, -0.2) is 14.4 Å². The van der Waals surface area contributed by atoms with Gasteiger partial charge in [0.25, 0.3) is 0 Å². The highest BCUT2D eigenvalue weighted by Crippen LogP contribution is 2.28. The number of carbonyl (C=O) groups is 3. The summed E-state index contributed by atoms with van der Waals surface area (Å²) in [7, 11) is 0. The molecule has 0 aliphatic heterocycles. The summed E-state index contributed by atoms with van der Waals surface area (Å²) >= 11 is 0. The molecule has 1 atom stereocenters. The number of allylic oxidation sites excluding steroid dienone is 3. The third-order valence-electron chi connectivity index (χ3n) is 6.01. The number of ether oxygens (including phenoxy) is 3. The van der Waals surface area contributed by atoms with E-state index in [-0.39, 0.29) is 5.92 Å².